The molecule has 0 aliphatic rings. The summed E-state index contributed by atoms with van der Waals surface area (Å²) in [5.74, 6) is 0. The van der Waals surface area contributed by atoms with Crippen LogP contribution in [0.4, 0.5) is 0 Å². The number of rotatable bonds is 3. The van der Waals surface area contributed by atoms with Crippen molar-refractivity contribution in [3.05, 3.63) is 21.9 Å². The van der Waals surface area contributed by atoms with E-state index in [0.717, 1.165) is 10.4 Å². The van der Waals surface area contributed by atoms with Crippen molar-refractivity contribution in [1.29, 1.82) is 0 Å². The van der Waals surface area contributed by atoms with Crippen LogP contribution in [0, 0.1) is 6.92 Å². The standard InChI is InChI=1S/C9H14O2S/c1-3-8(10)9(11)7-4-6(2)12-5-7/h4-5,8-11H,3H2,1-2H3. The Bertz CT molecular complexity index is 244. The summed E-state index contributed by atoms with van der Waals surface area (Å²) in [5, 5.41) is 20.8. The van der Waals surface area contributed by atoms with Crippen LogP contribution in [0.15, 0.2) is 11.4 Å². The Morgan fingerprint density at radius 1 is 1.50 bits per heavy atom. The van der Waals surface area contributed by atoms with E-state index < -0.39 is 12.2 Å². The molecule has 0 aliphatic heterocycles. The van der Waals surface area contributed by atoms with Crippen molar-refractivity contribution >= 4 is 11.3 Å². The molecule has 2 unspecified atom stereocenters. The van der Waals surface area contributed by atoms with Crippen LogP contribution < -0.4 is 0 Å². The molecule has 2 atom stereocenters. The molecule has 0 amide bonds. The SMILES string of the molecule is CCC(O)C(O)c1csc(C)c1. The molecule has 0 radical (unpaired) electrons. The van der Waals surface area contributed by atoms with Gasteiger partial charge in [-0.2, -0.15) is 0 Å². The summed E-state index contributed by atoms with van der Waals surface area (Å²) in [6, 6.07) is 1.91. The fourth-order valence-corrected chi connectivity index (χ4v) is 1.80. The molecule has 0 fully saturated rings. The summed E-state index contributed by atoms with van der Waals surface area (Å²) >= 11 is 1.59. The molecular weight excluding hydrogens is 172 g/mol. The molecule has 1 aromatic rings. The third kappa shape index (κ3) is 2.06. The van der Waals surface area contributed by atoms with Crippen molar-refractivity contribution in [3.63, 3.8) is 0 Å². The summed E-state index contributed by atoms with van der Waals surface area (Å²) in [5.41, 5.74) is 0.826. The molecule has 0 saturated carbocycles. The second kappa shape index (κ2) is 4.03. The van der Waals surface area contributed by atoms with Crippen LogP contribution in [-0.2, 0) is 0 Å². The van der Waals surface area contributed by atoms with Gasteiger partial charge in [0.2, 0.25) is 0 Å². The van der Waals surface area contributed by atoms with Gasteiger partial charge >= 0.3 is 0 Å². The lowest BCUT2D eigenvalue weighted by molar-refractivity contribution is 0.0167. The normalized spacial score (nSPS) is 16.0. The van der Waals surface area contributed by atoms with Gasteiger partial charge in [0.05, 0.1) is 6.10 Å². The van der Waals surface area contributed by atoms with E-state index in [9.17, 15) is 10.2 Å². The monoisotopic (exact) mass is 186 g/mol. The van der Waals surface area contributed by atoms with E-state index in [1.165, 1.54) is 0 Å². The maximum absolute atomic E-state index is 9.56. The zero-order chi connectivity index (χ0) is 9.14. The Labute approximate surface area is 76.5 Å². The lowest BCUT2D eigenvalue weighted by atomic mass is 10.1. The Morgan fingerprint density at radius 2 is 2.17 bits per heavy atom. The minimum atomic E-state index is -0.722. The summed E-state index contributed by atoms with van der Waals surface area (Å²) in [6.45, 7) is 3.84. The highest BCUT2D eigenvalue weighted by molar-refractivity contribution is 7.10. The van der Waals surface area contributed by atoms with Gasteiger partial charge < -0.3 is 10.2 Å². The van der Waals surface area contributed by atoms with Crippen LogP contribution >= 0.6 is 11.3 Å². The first-order valence-corrected chi connectivity index (χ1v) is 4.94. The molecular formula is C9H14O2S. The quantitative estimate of drug-likeness (QED) is 0.756. The fraction of sp³-hybridized carbons (Fsp3) is 0.556. The van der Waals surface area contributed by atoms with Crippen LogP contribution in [0.1, 0.15) is 29.9 Å². The van der Waals surface area contributed by atoms with Gasteiger partial charge in [0.25, 0.3) is 0 Å². The van der Waals surface area contributed by atoms with Crippen LogP contribution in [0.2, 0.25) is 0 Å². The molecule has 0 aliphatic carbocycles. The molecule has 1 heterocycles. The van der Waals surface area contributed by atoms with Crippen molar-refractivity contribution in [3.8, 4) is 0 Å². The summed E-state index contributed by atoms with van der Waals surface area (Å²) < 4.78 is 0. The molecule has 68 valence electrons. The third-order valence-electron chi connectivity index (χ3n) is 1.88. The molecule has 1 aromatic heterocycles. The second-order valence-electron chi connectivity index (χ2n) is 2.91. The number of aryl methyl sites for hydroxylation is 1. The summed E-state index contributed by atoms with van der Waals surface area (Å²) in [7, 11) is 0. The minimum absolute atomic E-state index is 0.579. The Hall–Kier alpha value is -0.380. The highest BCUT2D eigenvalue weighted by Gasteiger charge is 2.16. The van der Waals surface area contributed by atoms with Gasteiger partial charge in [0, 0.05) is 4.88 Å². The average molecular weight is 186 g/mol. The molecule has 0 bridgehead atoms. The van der Waals surface area contributed by atoms with Gasteiger partial charge in [0.15, 0.2) is 0 Å². The Kier molecular flexibility index (Phi) is 3.26. The van der Waals surface area contributed by atoms with E-state index in [2.05, 4.69) is 0 Å². The van der Waals surface area contributed by atoms with Gasteiger partial charge in [-0.1, -0.05) is 6.92 Å². The summed E-state index contributed by atoms with van der Waals surface area (Å²) in [6.07, 6.45) is -0.783. The molecule has 0 saturated heterocycles. The third-order valence-corrected chi connectivity index (χ3v) is 2.75. The van der Waals surface area contributed by atoms with E-state index in [4.69, 9.17) is 0 Å². The van der Waals surface area contributed by atoms with Gasteiger partial charge in [0.1, 0.15) is 6.10 Å². The van der Waals surface area contributed by atoms with Crippen LogP contribution in [0.25, 0.3) is 0 Å². The van der Waals surface area contributed by atoms with Crippen LogP contribution in [-0.4, -0.2) is 16.3 Å². The first-order valence-electron chi connectivity index (χ1n) is 4.06. The molecule has 0 aromatic carbocycles. The van der Waals surface area contributed by atoms with Crippen molar-refractivity contribution in [2.24, 2.45) is 0 Å². The summed E-state index contributed by atoms with van der Waals surface area (Å²) in [4.78, 5) is 1.16. The van der Waals surface area contributed by atoms with E-state index in [1.54, 1.807) is 11.3 Å². The lowest BCUT2D eigenvalue weighted by Crippen LogP contribution is -2.16. The zero-order valence-corrected chi connectivity index (χ0v) is 8.14. The number of hydrogen-bond donors (Lipinski definition) is 2. The van der Waals surface area contributed by atoms with E-state index >= 15 is 0 Å². The van der Waals surface area contributed by atoms with Crippen LogP contribution in [0.3, 0.4) is 0 Å². The van der Waals surface area contributed by atoms with Crippen molar-refractivity contribution in [2.45, 2.75) is 32.5 Å². The molecule has 12 heavy (non-hydrogen) atoms. The van der Waals surface area contributed by atoms with Crippen molar-refractivity contribution in [2.75, 3.05) is 0 Å². The second-order valence-corrected chi connectivity index (χ2v) is 4.03. The average Bonchev–Trinajstić information content (AvgIpc) is 2.49. The zero-order valence-electron chi connectivity index (χ0n) is 7.32. The van der Waals surface area contributed by atoms with Crippen molar-refractivity contribution in [1.82, 2.24) is 0 Å². The van der Waals surface area contributed by atoms with Crippen LogP contribution in [0.5, 0.6) is 0 Å². The van der Waals surface area contributed by atoms with Gasteiger partial charge in [-0.05, 0) is 30.4 Å². The number of aliphatic hydroxyl groups excluding tert-OH is 2. The Balaban J connectivity index is 2.70. The smallest absolute Gasteiger partial charge is 0.106 e. The van der Waals surface area contributed by atoms with E-state index in [0.29, 0.717) is 6.42 Å². The minimum Gasteiger partial charge on any atom is -0.390 e. The molecule has 1 rings (SSSR count). The first kappa shape index (κ1) is 9.71. The number of aliphatic hydroxyl groups is 2. The van der Waals surface area contributed by atoms with E-state index in [1.807, 2.05) is 25.3 Å². The van der Waals surface area contributed by atoms with Gasteiger partial charge in [-0.25, -0.2) is 0 Å². The predicted molar refractivity (Wildman–Crippen MR) is 50.3 cm³/mol. The highest BCUT2D eigenvalue weighted by atomic mass is 32.1. The molecule has 2 N–H and O–H groups in total. The fourth-order valence-electron chi connectivity index (χ4n) is 1.06. The van der Waals surface area contributed by atoms with E-state index in [-0.39, 0.29) is 0 Å². The Morgan fingerprint density at radius 3 is 2.58 bits per heavy atom. The lowest BCUT2D eigenvalue weighted by Gasteiger charge is -2.14. The maximum Gasteiger partial charge on any atom is 0.106 e. The van der Waals surface area contributed by atoms with Crippen molar-refractivity contribution < 1.29 is 10.2 Å². The molecule has 2 nitrogen and oxygen atoms in total. The molecule has 0 spiro atoms. The maximum atomic E-state index is 9.56. The first-order chi connectivity index (χ1) is 5.65. The molecule has 3 heteroatoms. The largest absolute Gasteiger partial charge is 0.390 e. The van der Waals surface area contributed by atoms with Gasteiger partial charge in [-0.15, -0.1) is 11.3 Å². The number of thiophene rings is 1. The highest BCUT2D eigenvalue weighted by Crippen LogP contribution is 2.23. The predicted octanol–water partition coefficient (Wildman–Crippen LogP) is 1.86. The topological polar surface area (TPSA) is 40.5 Å². The number of hydrogen-bond acceptors (Lipinski definition) is 3. The van der Waals surface area contributed by atoms with Gasteiger partial charge in [-0.3, -0.25) is 0 Å².